The normalized spacial score (nSPS) is 10.3. The van der Waals surface area contributed by atoms with E-state index < -0.39 is 0 Å². The molecular formula is C12H12O2Pd. The molecular weight excluding hydrogens is 283 g/mol. The second-order valence-corrected chi connectivity index (χ2v) is 2.71. The summed E-state index contributed by atoms with van der Waals surface area (Å²) in [6, 6.07) is 10.3. The fourth-order valence-electron chi connectivity index (χ4n) is 0.967. The van der Waals surface area contributed by atoms with Gasteiger partial charge in [-0.3, -0.25) is 0 Å². The van der Waals surface area contributed by atoms with Crippen LogP contribution in [-0.4, -0.2) is 12.6 Å². The van der Waals surface area contributed by atoms with Gasteiger partial charge in [0.25, 0.3) is 0 Å². The van der Waals surface area contributed by atoms with E-state index in [1.807, 2.05) is 18.2 Å². The van der Waals surface area contributed by atoms with E-state index in [4.69, 9.17) is 4.74 Å². The number of carbonyl (C=O) groups excluding carboxylic acids is 1. The van der Waals surface area contributed by atoms with Gasteiger partial charge >= 0.3 is 20.4 Å². The Bertz CT molecular complexity index is 331. The molecule has 0 bridgehead atoms. The van der Waals surface area contributed by atoms with Gasteiger partial charge in [-0.25, -0.2) is 0 Å². The second kappa shape index (κ2) is 7.28. The molecule has 0 saturated heterocycles. The third-order valence-corrected chi connectivity index (χ3v) is 1.60. The maximum absolute atomic E-state index is 11.2. The fourth-order valence-corrected chi connectivity index (χ4v) is 0.967. The molecule has 0 amide bonds. The average molecular weight is 295 g/mol. The van der Waals surface area contributed by atoms with E-state index >= 15 is 0 Å². The smallest absolute Gasteiger partial charge is 0.519 e. The molecule has 1 aromatic carbocycles. The van der Waals surface area contributed by atoms with Gasteiger partial charge < -0.3 is 9.53 Å². The molecule has 3 heteroatoms. The van der Waals surface area contributed by atoms with E-state index in [0.29, 0.717) is 12.2 Å². The van der Waals surface area contributed by atoms with Crippen molar-refractivity contribution in [3.63, 3.8) is 0 Å². The van der Waals surface area contributed by atoms with E-state index in [0.717, 1.165) is 5.56 Å². The van der Waals surface area contributed by atoms with E-state index in [9.17, 15) is 4.79 Å². The summed E-state index contributed by atoms with van der Waals surface area (Å²) in [5, 5.41) is 0. The van der Waals surface area contributed by atoms with Crippen LogP contribution in [0.15, 0.2) is 29.8 Å². The van der Waals surface area contributed by atoms with Crippen molar-refractivity contribution < 1.29 is 30.0 Å². The van der Waals surface area contributed by atoms with Crippen LogP contribution in [0, 0.1) is 13.0 Å². The second-order valence-electron chi connectivity index (χ2n) is 2.71. The maximum atomic E-state index is 11.2. The number of rotatable bonds is 3. The minimum Gasteiger partial charge on any atom is -0.519 e. The van der Waals surface area contributed by atoms with E-state index in [1.54, 1.807) is 19.1 Å². The molecule has 0 aliphatic heterocycles. The van der Waals surface area contributed by atoms with Gasteiger partial charge in [0.2, 0.25) is 5.97 Å². The van der Waals surface area contributed by atoms with Crippen LogP contribution in [0.2, 0.25) is 0 Å². The molecule has 0 fully saturated rings. The Morgan fingerprint density at radius 2 is 2.33 bits per heavy atom. The van der Waals surface area contributed by atoms with Crippen molar-refractivity contribution in [2.75, 3.05) is 6.61 Å². The van der Waals surface area contributed by atoms with Gasteiger partial charge in [-0.15, -0.1) is 36.4 Å². The third kappa shape index (κ3) is 4.83. The average Bonchev–Trinajstić information content (AvgIpc) is 2.19. The molecule has 0 heterocycles. The van der Waals surface area contributed by atoms with Gasteiger partial charge in [0.15, 0.2) is 0 Å². The Hall–Kier alpha value is -1.04. The molecule has 0 aliphatic rings. The van der Waals surface area contributed by atoms with Crippen LogP contribution < -0.4 is 0 Å². The predicted molar refractivity (Wildman–Crippen MR) is 55.2 cm³/mol. The Labute approximate surface area is 104 Å². The number of esters is 1. The predicted octanol–water partition coefficient (Wildman–Crippen LogP) is 2.26. The summed E-state index contributed by atoms with van der Waals surface area (Å²) in [6.07, 6.45) is 1.65. The van der Waals surface area contributed by atoms with E-state index in [2.05, 4.69) is 13.0 Å². The van der Waals surface area contributed by atoms with Crippen molar-refractivity contribution in [2.45, 2.75) is 6.92 Å². The van der Waals surface area contributed by atoms with Crippen LogP contribution in [0.25, 0.3) is 6.08 Å². The van der Waals surface area contributed by atoms with Crippen molar-refractivity contribution in [3.8, 4) is 0 Å². The zero-order chi connectivity index (χ0) is 10.4. The first kappa shape index (κ1) is 14.0. The number of hydrogen-bond acceptors (Lipinski definition) is 2. The summed E-state index contributed by atoms with van der Waals surface area (Å²) in [6.45, 7) is 5.75. The molecule has 0 N–H and O–H groups in total. The van der Waals surface area contributed by atoms with Gasteiger partial charge in [-0.2, -0.15) is 12.5 Å². The molecule has 1 rings (SSSR count). The molecule has 15 heavy (non-hydrogen) atoms. The Morgan fingerprint density at radius 1 is 1.60 bits per heavy atom. The summed E-state index contributed by atoms with van der Waals surface area (Å²) in [5.74, 6) is -0.384. The molecule has 2 nitrogen and oxygen atoms in total. The van der Waals surface area contributed by atoms with Gasteiger partial charge in [0.05, 0.1) is 6.61 Å². The molecule has 0 aliphatic carbocycles. The first-order valence-corrected chi connectivity index (χ1v) is 4.41. The number of hydrogen-bond donors (Lipinski definition) is 0. The minimum absolute atomic E-state index is 0. The molecule has 0 saturated carbocycles. The Kier molecular flexibility index (Phi) is 6.78. The van der Waals surface area contributed by atoms with E-state index in [1.165, 1.54) is 0 Å². The first-order chi connectivity index (χ1) is 6.74. The molecule has 0 unspecified atom stereocenters. The topological polar surface area (TPSA) is 26.3 Å². The van der Waals surface area contributed by atoms with Gasteiger partial charge in [0, 0.05) is 0 Å². The minimum atomic E-state index is -0.384. The van der Waals surface area contributed by atoms with E-state index in [-0.39, 0.29) is 26.4 Å². The summed E-state index contributed by atoms with van der Waals surface area (Å²) in [4.78, 5) is 11.2. The van der Waals surface area contributed by atoms with Crippen LogP contribution in [-0.2, 0) is 30.0 Å². The van der Waals surface area contributed by atoms with Crippen LogP contribution >= 0.6 is 0 Å². The van der Waals surface area contributed by atoms with Crippen molar-refractivity contribution >= 4 is 12.0 Å². The fraction of sp³-hybridized carbons (Fsp3) is 0.167. The van der Waals surface area contributed by atoms with Crippen LogP contribution in [0.1, 0.15) is 12.5 Å². The Morgan fingerprint density at radius 3 is 2.87 bits per heavy atom. The zero-order valence-electron chi connectivity index (χ0n) is 8.43. The number of benzene rings is 1. The zero-order valence-corrected chi connectivity index (χ0v) is 9.99. The number of ether oxygens (including phenoxy) is 1. The van der Waals surface area contributed by atoms with Crippen molar-refractivity contribution in [1.29, 1.82) is 0 Å². The summed E-state index contributed by atoms with van der Waals surface area (Å²) in [5.41, 5.74) is 1.17. The monoisotopic (exact) mass is 294 g/mol. The van der Waals surface area contributed by atoms with Crippen molar-refractivity contribution in [3.05, 3.63) is 48.4 Å². The van der Waals surface area contributed by atoms with Crippen LogP contribution in [0.3, 0.4) is 0 Å². The Balaban J connectivity index is 0.00000196. The SMILES string of the molecule is [CH2-]/C(=C\c1[c-]cccc1)C(=O)OCC.[Pd+2]. The summed E-state index contributed by atoms with van der Waals surface area (Å²) >= 11 is 0. The molecule has 1 aromatic rings. The molecule has 0 aromatic heterocycles. The molecule has 0 atom stereocenters. The first-order valence-electron chi connectivity index (χ1n) is 4.41. The summed E-state index contributed by atoms with van der Waals surface area (Å²) < 4.78 is 4.79. The number of carbonyl (C=O) groups is 1. The third-order valence-electron chi connectivity index (χ3n) is 1.60. The molecule has 0 radical (unpaired) electrons. The summed E-state index contributed by atoms with van der Waals surface area (Å²) in [7, 11) is 0. The van der Waals surface area contributed by atoms with Crippen molar-refractivity contribution in [2.24, 2.45) is 0 Å². The maximum Gasteiger partial charge on any atom is 2.00 e. The quantitative estimate of drug-likeness (QED) is 0.370. The largest absolute Gasteiger partial charge is 2.00 e. The van der Waals surface area contributed by atoms with Gasteiger partial charge in [0.1, 0.15) is 0 Å². The molecule has 82 valence electrons. The standard InChI is InChI=1S/C12H12O2.Pd/c1-3-14-12(13)10(2)9-11-7-5-4-6-8-11;/h4-7,9H,2-3H2,1H3;/q-2;+2/b10-9+;. The van der Waals surface area contributed by atoms with Crippen LogP contribution in [0.5, 0.6) is 0 Å². The molecule has 0 spiro atoms. The van der Waals surface area contributed by atoms with Gasteiger partial charge in [-0.1, -0.05) is 5.57 Å². The van der Waals surface area contributed by atoms with Crippen LogP contribution in [0.4, 0.5) is 0 Å². The van der Waals surface area contributed by atoms with Gasteiger partial charge in [-0.05, 0) is 6.92 Å². The van der Waals surface area contributed by atoms with Crippen molar-refractivity contribution in [1.82, 2.24) is 0 Å².